The number of carbonyl (C=O) groups is 1. The minimum absolute atomic E-state index is 0.295. The molecule has 0 aromatic heterocycles. The van der Waals surface area contributed by atoms with Gasteiger partial charge in [-0.2, -0.15) is 0 Å². The van der Waals surface area contributed by atoms with Crippen LogP contribution in [0.3, 0.4) is 0 Å². The number of carboxylic acid groups (broad SMARTS) is 1. The van der Waals surface area contributed by atoms with Crippen LogP contribution in [0.4, 0.5) is 0 Å². The van der Waals surface area contributed by atoms with Crippen molar-refractivity contribution in [3.63, 3.8) is 0 Å². The summed E-state index contributed by atoms with van der Waals surface area (Å²) in [6.45, 7) is 5.03. The molecule has 0 radical (unpaired) electrons. The molecule has 0 saturated carbocycles. The Morgan fingerprint density at radius 1 is 1.24 bits per heavy atom. The lowest BCUT2D eigenvalue weighted by atomic mass is 9.93. The van der Waals surface area contributed by atoms with Gasteiger partial charge in [-0.25, -0.2) is 8.93 Å². The fourth-order valence-electron chi connectivity index (χ4n) is 3.53. The summed E-state index contributed by atoms with van der Waals surface area (Å²) in [7, 11) is -1.32. The maximum Gasteiger partial charge on any atom is 0.321 e. The summed E-state index contributed by atoms with van der Waals surface area (Å²) in [6.07, 6.45) is 8.17. The summed E-state index contributed by atoms with van der Waals surface area (Å²) >= 11 is 0. The minimum Gasteiger partial charge on any atom is -0.494 e. The normalized spacial score (nSPS) is 17.0. The van der Waals surface area contributed by atoms with Crippen LogP contribution in [0.25, 0.3) is 0 Å². The predicted octanol–water partition coefficient (Wildman–Crippen LogP) is 3.28. The van der Waals surface area contributed by atoms with Gasteiger partial charge in [-0.15, -0.1) is 0 Å². The van der Waals surface area contributed by atoms with Gasteiger partial charge in [0, 0.05) is 5.75 Å². The first kappa shape index (κ1) is 23.8. The zero-order valence-electron chi connectivity index (χ0n) is 17.5. The number of benzene rings is 1. The molecule has 0 amide bonds. The van der Waals surface area contributed by atoms with Crippen molar-refractivity contribution in [2.45, 2.75) is 64.3 Å². The Morgan fingerprint density at radius 3 is 2.62 bits per heavy atom. The third-order valence-corrected chi connectivity index (χ3v) is 6.56. The third kappa shape index (κ3) is 9.74. The minimum atomic E-state index is -1.32. The van der Waals surface area contributed by atoms with Gasteiger partial charge in [-0.1, -0.05) is 31.9 Å². The highest BCUT2D eigenvalue weighted by molar-refractivity contribution is 7.83. The molecule has 2 rings (SSSR count). The van der Waals surface area contributed by atoms with E-state index in [0.29, 0.717) is 18.8 Å². The molecule has 29 heavy (non-hydrogen) atoms. The highest BCUT2D eigenvalue weighted by Crippen LogP contribution is 2.19. The van der Waals surface area contributed by atoms with Crippen LogP contribution < -0.4 is 14.8 Å². The molecule has 0 spiro atoms. The molecule has 1 aromatic carbocycles. The number of ether oxygens (including phenoxy) is 1. The standard InChI is InChI=1S/C22H36N2O4S/c1-2-3-16-29(27)24-21(22(25)26)17-19-7-9-20(10-8-19)28-15-5-4-6-18-11-13-23-14-12-18/h7-10,18,21,23-24H,2-6,11-17H2,1H3,(H,25,26). The maximum atomic E-state index is 11.9. The lowest BCUT2D eigenvalue weighted by molar-refractivity contribution is -0.138. The van der Waals surface area contributed by atoms with E-state index in [0.717, 1.165) is 49.6 Å². The van der Waals surface area contributed by atoms with Crippen LogP contribution in [0.15, 0.2) is 24.3 Å². The second-order valence-corrected chi connectivity index (χ2v) is 9.13. The van der Waals surface area contributed by atoms with Crippen molar-refractivity contribution >= 4 is 17.0 Å². The van der Waals surface area contributed by atoms with E-state index in [1.807, 2.05) is 31.2 Å². The molecule has 0 bridgehead atoms. The zero-order chi connectivity index (χ0) is 20.9. The van der Waals surface area contributed by atoms with Gasteiger partial charge in [0.1, 0.15) is 11.8 Å². The van der Waals surface area contributed by atoms with Crippen LogP contribution in [-0.2, 0) is 22.2 Å². The van der Waals surface area contributed by atoms with Crippen LogP contribution in [0.5, 0.6) is 5.75 Å². The molecular weight excluding hydrogens is 388 g/mol. The first-order valence-electron chi connectivity index (χ1n) is 10.9. The van der Waals surface area contributed by atoms with Crippen LogP contribution >= 0.6 is 0 Å². The average Bonchev–Trinajstić information content (AvgIpc) is 2.73. The molecule has 7 heteroatoms. The van der Waals surface area contributed by atoms with Gasteiger partial charge in [0.15, 0.2) is 0 Å². The quantitative estimate of drug-likeness (QED) is 0.399. The highest BCUT2D eigenvalue weighted by atomic mass is 32.2. The first-order valence-corrected chi connectivity index (χ1v) is 12.2. The maximum absolute atomic E-state index is 11.9. The van der Waals surface area contributed by atoms with Crippen molar-refractivity contribution in [2.75, 3.05) is 25.4 Å². The lowest BCUT2D eigenvalue weighted by Crippen LogP contribution is -2.40. The number of piperidine rings is 1. The Hall–Kier alpha value is -1.44. The number of nitrogens with one attached hydrogen (secondary N) is 2. The van der Waals surface area contributed by atoms with Crippen molar-refractivity contribution in [1.82, 2.24) is 10.0 Å². The average molecular weight is 425 g/mol. The van der Waals surface area contributed by atoms with E-state index in [2.05, 4.69) is 10.0 Å². The molecule has 1 aliphatic heterocycles. The van der Waals surface area contributed by atoms with E-state index in [9.17, 15) is 14.1 Å². The Kier molecular flexibility index (Phi) is 11.3. The van der Waals surface area contributed by atoms with E-state index in [1.165, 1.54) is 25.7 Å². The van der Waals surface area contributed by atoms with E-state index >= 15 is 0 Å². The molecule has 164 valence electrons. The van der Waals surface area contributed by atoms with Crippen molar-refractivity contribution in [3.8, 4) is 5.75 Å². The number of hydrogen-bond donors (Lipinski definition) is 3. The second kappa shape index (κ2) is 13.7. The zero-order valence-corrected chi connectivity index (χ0v) is 18.3. The molecule has 2 atom stereocenters. The van der Waals surface area contributed by atoms with Crippen molar-refractivity contribution in [2.24, 2.45) is 5.92 Å². The fraction of sp³-hybridized carbons (Fsp3) is 0.682. The lowest BCUT2D eigenvalue weighted by Gasteiger charge is -2.22. The van der Waals surface area contributed by atoms with Crippen LogP contribution in [0.2, 0.25) is 0 Å². The topological polar surface area (TPSA) is 87.7 Å². The summed E-state index contributed by atoms with van der Waals surface area (Å²) in [6, 6.07) is 6.69. The van der Waals surface area contributed by atoms with Crippen molar-refractivity contribution in [1.29, 1.82) is 0 Å². The van der Waals surface area contributed by atoms with Gasteiger partial charge in [0.25, 0.3) is 0 Å². The van der Waals surface area contributed by atoms with E-state index in [1.54, 1.807) is 0 Å². The number of hydrogen-bond acceptors (Lipinski definition) is 4. The monoisotopic (exact) mass is 424 g/mol. The van der Waals surface area contributed by atoms with Crippen molar-refractivity contribution in [3.05, 3.63) is 29.8 Å². The number of rotatable bonds is 14. The molecule has 1 saturated heterocycles. The van der Waals surface area contributed by atoms with Gasteiger partial charge in [-0.3, -0.25) is 4.79 Å². The van der Waals surface area contributed by atoms with Gasteiger partial charge in [-0.05, 0) is 75.2 Å². The highest BCUT2D eigenvalue weighted by Gasteiger charge is 2.20. The molecule has 1 aromatic rings. The van der Waals surface area contributed by atoms with Gasteiger partial charge in [0.05, 0.1) is 17.6 Å². The predicted molar refractivity (Wildman–Crippen MR) is 118 cm³/mol. The number of carboxylic acids is 1. The molecule has 1 fully saturated rings. The second-order valence-electron chi connectivity index (χ2n) is 7.80. The first-order chi connectivity index (χ1) is 14.1. The molecule has 3 N–H and O–H groups in total. The number of aliphatic carboxylic acids is 1. The molecule has 0 aliphatic carbocycles. The Labute approximate surface area is 177 Å². The van der Waals surface area contributed by atoms with Gasteiger partial charge in [0.2, 0.25) is 0 Å². The molecule has 1 heterocycles. The largest absolute Gasteiger partial charge is 0.494 e. The molecule has 1 aliphatic rings. The van der Waals surface area contributed by atoms with Crippen LogP contribution in [0, 0.1) is 5.92 Å². The summed E-state index contributed by atoms with van der Waals surface area (Å²) in [5.74, 6) is 1.17. The number of unbranched alkanes of at least 4 members (excludes halogenated alkanes) is 2. The summed E-state index contributed by atoms with van der Waals surface area (Å²) in [5.41, 5.74) is 0.885. The van der Waals surface area contributed by atoms with Crippen LogP contribution in [-0.4, -0.2) is 46.8 Å². The molecule has 6 nitrogen and oxygen atoms in total. The van der Waals surface area contributed by atoms with E-state index < -0.39 is 23.0 Å². The Morgan fingerprint density at radius 2 is 1.97 bits per heavy atom. The van der Waals surface area contributed by atoms with Gasteiger partial charge >= 0.3 is 5.97 Å². The summed E-state index contributed by atoms with van der Waals surface area (Å²) in [5, 5.41) is 12.8. The smallest absolute Gasteiger partial charge is 0.321 e. The van der Waals surface area contributed by atoms with Crippen molar-refractivity contribution < 1.29 is 18.8 Å². The van der Waals surface area contributed by atoms with E-state index in [4.69, 9.17) is 4.74 Å². The Bertz CT molecular complexity index is 618. The van der Waals surface area contributed by atoms with Crippen LogP contribution in [0.1, 0.15) is 57.4 Å². The molecule has 2 unspecified atom stereocenters. The Balaban J connectivity index is 1.69. The van der Waals surface area contributed by atoms with Gasteiger partial charge < -0.3 is 15.2 Å². The van der Waals surface area contributed by atoms with E-state index in [-0.39, 0.29) is 0 Å². The SMILES string of the molecule is CCCCS(=O)NC(Cc1ccc(OCCCCC2CCNCC2)cc1)C(=O)O. The summed E-state index contributed by atoms with van der Waals surface area (Å²) < 4.78 is 20.5. The third-order valence-electron chi connectivity index (χ3n) is 5.35. The summed E-state index contributed by atoms with van der Waals surface area (Å²) in [4.78, 5) is 11.5. The fourth-order valence-corrected chi connectivity index (χ4v) is 4.70. The molecular formula is C22H36N2O4S.